The molecule has 0 aliphatic carbocycles. The zero-order chi connectivity index (χ0) is 18.4. The van der Waals surface area contributed by atoms with Crippen LogP contribution in [0.2, 0.25) is 5.02 Å². The van der Waals surface area contributed by atoms with E-state index in [-0.39, 0.29) is 0 Å². The van der Waals surface area contributed by atoms with E-state index in [1.807, 2.05) is 0 Å². The van der Waals surface area contributed by atoms with Gasteiger partial charge < -0.3 is 14.8 Å². The standard InChI is InChI=1S/C18H17ClFNO4/c1-11-9-13(19)3-8-16(11)21-17(22)10-24-18(23)12(2)25-15-6-4-14(20)5-7-15/h3-9,12H,10H2,1-2H3,(H,21,22)/t12-/m1/s1. The van der Waals surface area contributed by atoms with Crippen molar-refractivity contribution in [3.05, 3.63) is 58.9 Å². The van der Waals surface area contributed by atoms with Crippen molar-refractivity contribution in [3.63, 3.8) is 0 Å². The number of benzene rings is 2. The predicted octanol–water partition coefficient (Wildman–Crippen LogP) is 3.74. The molecule has 0 heterocycles. The molecule has 1 atom stereocenters. The Kier molecular flexibility index (Phi) is 6.36. The minimum Gasteiger partial charge on any atom is -0.479 e. The van der Waals surface area contributed by atoms with Gasteiger partial charge in [0.05, 0.1) is 0 Å². The molecule has 2 aromatic rings. The van der Waals surface area contributed by atoms with Gasteiger partial charge in [-0.3, -0.25) is 4.79 Å². The predicted molar refractivity (Wildman–Crippen MR) is 92.3 cm³/mol. The van der Waals surface area contributed by atoms with E-state index in [4.69, 9.17) is 21.1 Å². The first-order chi connectivity index (χ1) is 11.8. The van der Waals surface area contributed by atoms with Crippen LogP contribution in [-0.2, 0) is 14.3 Å². The van der Waals surface area contributed by atoms with Gasteiger partial charge in [-0.2, -0.15) is 0 Å². The fourth-order valence-corrected chi connectivity index (χ4v) is 2.20. The molecular formula is C18H17ClFNO4. The second kappa shape index (κ2) is 8.48. The van der Waals surface area contributed by atoms with Crippen LogP contribution in [0.5, 0.6) is 5.75 Å². The average molecular weight is 366 g/mol. The lowest BCUT2D eigenvalue weighted by atomic mass is 10.2. The van der Waals surface area contributed by atoms with Gasteiger partial charge in [-0.1, -0.05) is 11.6 Å². The lowest BCUT2D eigenvalue weighted by molar-refractivity contribution is -0.153. The van der Waals surface area contributed by atoms with Gasteiger partial charge in [0.1, 0.15) is 11.6 Å². The smallest absolute Gasteiger partial charge is 0.347 e. The molecule has 7 heteroatoms. The fraction of sp³-hybridized carbons (Fsp3) is 0.222. The Hall–Kier alpha value is -2.60. The van der Waals surface area contributed by atoms with Gasteiger partial charge in [0.25, 0.3) is 5.91 Å². The summed E-state index contributed by atoms with van der Waals surface area (Å²) in [4.78, 5) is 23.7. The third-order valence-electron chi connectivity index (χ3n) is 3.27. The highest BCUT2D eigenvalue weighted by atomic mass is 35.5. The zero-order valence-electron chi connectivity index (χ0n) is 13.7. The summed E-state index contributed by atoms with van der Waals surface area (Å²) >= 11 is 5.85. The van der Waals surface area contributed by atoms with Crippen LogP contribution in [0.3, 0.4) is 0 Å². The maximum absolute atomic E-state index is 12.8. The van der Waals surface area contributed by atoms with Gasteiger partial charge in [-0.15, -0.1) is 0 Å². The first-order valence-electron chi connectivity index (χ1n) is 7.50. The first-order valence-corrected chi connectivity index (χ1v) is 7.88. The lowest BCUT2D eigenvalue weighted by Gasteiger charge is -2.14. The van der Waals surface area contributed by atoms with Crippen LogP contribution in [0.4, 0.5) is 10.1 Å². The average Bonchev–Trinajstić information content (AvgIpc) is 2.57. The lowest BCUT2D eigenvalue weighted by Crippen LogP contribution is -2.29. The van der Waals surface area contributed by atoms with Gasteiger partial charge >= 0.3 is 5.97 Å². The number of nitrogens with one attached hydrogen (secondary N) is 1. The van der Waals surface area contributed by atoms with Gasteiger partial charge in [0.15, 0.2) is 12.7 Å². The van der Waals surface area contributed by atoms with E-state index in [2.05, 4.69) is 5.32 Å². The molecule has 0 aliphatic rings. The quantitative estimate of drug-likeness (QED) is 0.792. The highest BCUT2D eigenvalue weighted by Crippen LogP contribution is 2.19. The number of aryl methyl sites for hydroxylation is 1. The van der Waals surface area contributed by atoms with E-state index >= 15 is 0 Å². The number of esters is 1. The molecule has 2 aromatic carbocycles. The number of rotatable bonds is 6. The Bertz CT molecular complexity index is 764. The summed E-state index contributed by atoms with van der Waals surface area (Å²) in [5.74, 6) is -1.26. The normalized spacial score (nSPS) is 11.5. The van der Waals surface area contributed by atoms with E-state index in [1.165, 1.54) is 31.2 Å². The zero-order valence-corrected chi connectivity index (χ0v) is 14.5. The Morgan fingerprint density at radius 1 is 1.20 bits per heavy atom. The van der Waals surface area contributed by atoms with Crippen LogP contribution in [0.1, 0.15) is 12.5 Å². The number of anilines is 1. The third kappa shape index (κ3) is 5.76. The molecule has 2 rings (SSSR count). The van der Waals surface area contributed by atoms with Gasteiger partial charge in [-0.05, 0) is 61.9 Å². The summed E-state index contributed by atoms with van der Waals surface area (Å²) in [5, 5.41) is 3.19. The largest absolute Gasteiger partial charge is 0.479 e. The minimum absolute atomic E-state index is 0.326. The molecule has 0 saturated carbocycles. The van der Waals surface area contributed by atoms with E-state index in [1.54, 1.807) is 25.1 Å². The molecule has 0 aliphatic heterocycles. The molecule has 0 aromatic heterocycles. The number of carbonyl (C=O) groups excluding carboxylic acids is 2. The summed E-state index contributed by atoms with van der Waals surface area (Å²) in [6.45, 7) is 2.83. The Balaban J connectivity index is 1.82. The summed E-state index contributed by atoms with van der Waals surface area (Å²) in [6.07, 6.45) is -0.935. The number of ether oxygens (including phenoxy) is 2. The molecule has 1 N–H and O–H groups in total. The van der Waals surface area contributed by atoms with Crippen molar-refractivity contribution >= 4 is 29.2 Å². The molecule has 0 unspecified atom stereocenters. The van der Waals surface area contributed by atoms with Gasteiger partial charge in [0.2, 0.25) is 0 Å². The third-order valence-corrected chi connectivity index (χ3v) is 3.50. The molecule has 25 heavy (non-hydrogen) atoms. The Morgan fingerprint density at radius 2 is 1.88 bits per heavy atom. The van der Waals surface area contributed by atoms with Crippen LogP contribution >= 0.6 is 11.6 Å². The highest BCUT2D eigenvalue weighted by Gasteiger charge is 2.18. The molecule has 5 nitrogen and oxygen atoms in total. The summed E-state index contributed by atoms with van der Waals surface area (Å²) in [6, 6.07) is 10.3. The Labute approximate surface area is 149 Å². The summed E-state index contributed by atoms with van der Waals surface area (Å²) in [7, 11) is 0. The van der Waals surface area contributed by atoms with Gasteiger partial charge in [0, 0.05) is 10.7 Å². The fourth-order valence-electron chi connectivity index (χ4n) is 1.97. The van der Waals surface area contributed by atoms with E-state index in [0.29, 0.717) is 16.5 Å². The van der Waals surface area contributed by atoms with Crippen LogP contribution < -0.4 is 10.1 Å². The van der Waals surface area contributed by atoms with E-state index in [0.717, 1.165) is 5.56 Å². The van der Waals surface area contributed by atoms with Crippen LogP contribution in [0.15, 0.2) is 42.5 Å². The second-order valence-electron chi connectivity index (χ2n) is 5.33. The van der Waals surface area contributed by atoms with Crippen LogP contribution in [-0.4, -0.2) is 24.6 Å². The molecule has 0 radical (unpaired) electrons. The monoisotopic (exact) mass is 365 g/mol. The van der Waals surface area contributed by atoms with E-state index < -0.39 is 30.4 Å². The molecule has 0 bridgehead atoms. The number of carbonyl (C=O) groups is 2. The van der Waals surface area contributed by atoms with Crippen molar-refractivity contribution in [1.29, 1.82) is 0 Å². The van der Waals surface area contributed by atoms with Crippen LogP contribution in [0, 0.1) is 12.7 Å². The number of halogens is 2. The first kappa shape index (κ1) is 18.7. The van der Waals surface area contributed by atoms with Crippen molar-refractivity contribution < 1.29 is 23.5 Å². The van der Waals surface area contributed by atoms with Crippen molar-refractivity contribution in [2.45, 2.75) is 20.0 Å². The maximum Gasteiger partial charge on any atom is 0.347 e. The number of hydrogen-bond donors (Lipinski definition) is 1. The topological polar surface area (TPSA) is 64.6 Å². The molecule has 1 amide bonds. The second-order valence-corrected chi connectivity index (χ2v) is 5.77. The van der Waals surface area contributed by atoms with Crippen molar-refractivity contribution in [2.24, 2.45) is 0 Å². The van der Waals surface area contributed by atoms with Crippen molar-refractivity contribution in [2.75, 3.05) is 11.9 Å². The molecule has 0 spiro atoms. The number of amides is 1. The van der Waals surface area contributed by atoms with Crippen LogP contribution in [0.25, 0.3) is 0 Å². The number of hydrogen-bond acceptors (Lipinski definition) is 4. The summed E-state index contributed by atoms with van der Waals surface area (Å²) < 4.78 is 23.1. The molecule has 0 fully saturated rings. The molecular weight excluding hydrogens is 349 g/mol. The maximum atomic E-state index is 12.8. The van der Waals surface area contributed by atoms with Crippen molar-refractivity contribution in [1.82, 2.24) is 0 Å². The summed E-state index contributed by atoms with van der Waals surface area (Å²) in [5.41, 5.74) is 1.38. The highest BCUT2D eigenvalue weighted by molar-refractivity contribution is 6.30. The van der Waals surface area contributed by atoms with Gasteiger partial charge in [-0.25, -0.2) is 9.18 Å². The van der Waals surface area contributed by atoms with E-state index in [9.17, 15) is 14.0 Å². The Morgan fingerprint density at radius 3 is 2.52 bits per heavy atom. The molecule has 0 saturated heterocycles. The minimum atomic E-state index is -0.935. The SMILES string of the molecule is Cc1cc(Cl)ccc1NC(=O)COC(=O)[C@@H](C)Oc1ccc(F)cc1. The van der Waals surface area contributed by atoms with Crippen molar-refractivity contribution in [3.8, 4) is 5.75 Å². The molecule has 132 valence electrons.